The minimum atomic E-state index is -0.267. The van der Waals surface area contributed by atoms with Crippen LogP contribution in [0, 0.1) is 12.8 Å². The fraction of sp³-hybridized carbons (Fsp3) is 0.667. The Labute approximate surface area is 155 Å². The van der Waals surface area contributed by atoms with Crippen LogP contribution in [0.15, 0.2) is 24.3 Å². The normalized spacial score (nSPS) is 28.8. The van der Waals surface area contributed by atoms with Gasteiger partial charge in [0.15, 0.2) is 0 Å². The van der Waals surface area contributed by atoms with Crippen molar-refractivity contribution in [2.45, 2.75) is 50.9 Å². The minimum absolute atomic E-state index is 0.0457. The number of amides is 1. The quantitative estimate of drug-likeness (QED) is 0.897. The number of morpholine rings is 1. The Kier molecular flexibility index (Phi) is 5.04. The van der Waals surface area contributed by atoms with Crippen LogP contribution in [0.5, 0.6) is 0 Å². The molecule has 1 N–H and O–H groups in total. The lowest BCUT2D eigenvalue weighted by molar-refractivity contribution is -0.158. The molecule has 26 heavy (non-hydrogen) atoms. The van der Waals surface area contributed by atoms with Gasteiger partial charge in [-0.05, 0) is 38.2 Å². The molecule has 2 saturated heterocycles. The highest BCUT2D eigenvalue weighted by Gasteiger charge is 2.43. The molecule has 5 heteroatoms. The number of aliphatic hydroxyl groups is 1. The van der Waals surface area contributed by atoms with Crippen LogP contribution in [-0.4, -0.2) is 65.3 Å². The third-order valence-corrected chi connectivity index (χ3v) is 6.30. The number of ether oxygens (including phenoxy) is 1. The molecule has 1 amide bonds. The highest BCUT2D eigenvalue weighted by Crippen LogP contribution is 2.34. The molecule has 3 aliphatic rings. The van der Waals surface area contributed by atoms with Crippen LogP contribution < -0.4 is 0 Å². The number of carbonyl (C=O) groups is 1. The van der Waals surface area contributed by atoms with Gasteiger partial charge in [0.25, 0.3) is 0 Å². The van der Waals surface area contributed by atoms with Gasteiger partial charge in [-0.15, -0.1) is 0 Å². The van der Waals surface area contributed by atoms with E-state index in [-0.39, 0.29) is 23.5 Å². The van der Waals surface area contributed by atoms with Gasteiger partial charge in [0.05, 0.1) is 18.3 Å². The fourth-order valence-electron chi connectivity index (χ4n) is 4.49. The summed E-state index contributed by atoms with van der Waals surface area (Å²) in [5, 5.41) is 9.43. The smallest absolute Gasteiger partial charge is 0.225 e. The zero-order valence-corrected chi connectivity index (χ0v) is 15.7. The summed E-state index contributed by atoms with van der Waals surface area (Å²) in [5.41, 5.74) is 2.55. The second-order valence-electron chi connectivity index (χ2n) is 8.38. The van der Waals surface area contributed by atoms with Crippen molar-refractivity contribution in [2.24, 2.45) is 5.92 Å². The first-order valence-corrected chi connectivity index (χ1v) is 9.92. The monoisotopic (exact) mass is 358 g/mol. The Hall–Kier alpha value is -1.43. The fourth-order valence-corrected chi connectivity index (χ4v) is 4.49. The predicted octanol–water partition coefficient (Wildman–Crippen LogP) is 1.96. The number of hydrogen-bond acceptors (Lipinski definition) is 4. The van der Waals surface area contributed by atoms with Crippen LogP contribution in [-0.2, 0) is 16.1 Å². The van der Waals surface area contributed by atoms with E-state index >= 15 is 0 Å². The molecule has 4 rings (SSSR count). The third kappa shape index (κ3) is 3.80. The van der Waals surface area contributed by atoms with Crippen LogP contribution in [0.25, 0.3) is 0 Å². The summed E-state index contributed by atoms with van der Waals surface area (Å²) in [6, 6.07) is 8.78. The Morgan fingerprint density at radius 1 is 1.19 bits per heavy atom. The molecule has 2 heterocycles. The van der Waals surface area contributed by atoms with Gasteiger partial charge < -0.3 is 14.7 Å². The van der Waals surface area contributed by atoms with Crippen LogP contribution in [0.1, 0.15) is 36.8 Å². The number of piperidine rings is 1. The van der Waals surface area contributed by atoms with Crippen molar-refractivity contribution in [1.29, 1.82) is 0 Å². The predicted molar refractivity (Wildman–Crippen MR) is 99.7 cm³/mol. The topological polar surface area (TPSA) is 53.0 Å². The summed E-state index contributed by atoms with van der Waals surface area (Å²) in [6.07, 6.45) is 2.84. The second-order valence-corrected chi connectivity index (χ2v) is 8.38. The Morgan fingerprint density at radius 3 is 2.54 bits per heavy atom. The largest absolute Gasteiger partial charge is 0.393 e. The van der Waals surface area contributed by atoms with Gasteiger partial charge in [-0.1, -0.05) is 29.8 Å². The van der Waals surface area contributed by atoms with E-state index in [0.29, 0.717) is 12.8 Å². The number of rotatable bonds is 3. The molecule has 0 radical (unpaired) electrons. The zero-order valence-electron chi connectivity index (χ0n) is 15.7. The standard InChI is InChI=1S/C21H30N2O3/c1-16-2-4-17(5-3-16)14-22-10-11-26-21(15-22)6-8-23(9-7-21)20(25)18-12-19(24)13-18/h2-5,18-19,24H,6-15H2,1H3. The number of hydrogen-bond donors (Lipinski definition) is 1. The van der Waals surface area contributed by atoms with Crippen molar-refractivity contribution in [1.82, 2.24) is 9.80 Å². The van der Waals surface area contributed by atoms with E-state index in [1.54, 1.807) is 0 Å². The van der Waals surface area contributed by atoms with Gasteiger partial charge in [0, 0.05) is 38.6 Å². The van der Waals surface area contributed by atoms with E-state index in [2.05, 4.69) is 36.1 Å². The maximum atomic E-state index is 12.5. The van der Waals surface area contributed by atoms with Crippen molar-refractivity contribution >= 4 is 5.91 Å². The molecular weight excluding hydrogens is 328 g/mol. The van der Waals surface area contributed by atoms with Gasteiger partial charge in [-0.2, -0.15) is 0 Å². The molecule has 1 aliphatic carbocycles. The lowest BCUT2D eigenvalue weighted by Gasteiger charge is -2.48. The van der Waals surface area contributed by atoms with Crippen LogP contribution in [0.4, 0.5) is 0 Å². The summed E-state index contributed by atoms with van der Waals surface area (Å²) in [4.78, 5) is 17.0. The number of benzene rings is 1. The maximum absolute atomic E-state index is 12.5. The molecule has 3 fully saturated rings. The third-order valence-electron chi connectivity index (χ3n) is 6.30. The number of nitrogens with zero attached hydrogens (tertiary/aromatic N) is 2. The van der Waals surface area contributed by atoms with Crippen LogP contribution in [0.3, 0.4) is 0 Å². The molecule has 1 saturated carbocycles. The average Bonchev–Trinajstić information content (AvgIpc) is 2.61. The van der Waals surface area contributed by atoms with Gasteiger partial charge in [0.1, 0.15) is 0 Å². The van der Waals surface area contributed by atoms with Gasteiger partial charge >= 0.3 is 0 Å². The van der Waals surface area contributed by atoms with Crippen LogP contribution >= 0.6 is 0 Å². The Balaban J connectivity index is 1.31. The van der Waals surface area contributed by atoms with Gasteiger partial charge in [-0.3, -0.25) is 9.69 Å². The number of aliphatic hydroxyl groups excluding tert-OH is 1. The number of aryl methyl sites for hydroxylation is 1. The molecule has 1 aromatic carbocycles. The zero-order chi connectivity index (χ0) is 18.1. The summed E-state index contributed by atoms with van der Waals surface area (Å²) >= 11 is 0. The van der Waals surface area contributed by atoms with E-state index in [9.17, 15) is 9.90 Å². The highest BCUT2D eigenvalue weighted by molar-refractivity contribution is 5.80. The lowest BCUT2D eigenvalue weighted by atomic mass is 9.80. The summed E-state index contributed by atoms with van der Waals surface area (Å²) in [7, 11) is 0. The molecule has 0 bridgehead atoms. The first-order chi connectivity index (χ1) is 12.5. The summed E-state index contributed by atoms with van der Waals surface area (Å²) < 4.78 is 6.22. The van der Waals surface area contributed by atoms with Gasteiger partial charge in [0.2, 0.25) is 5.91 Å². The van der Waals surface area contributed by atoms with E-state index in [0.717, 1.165) is 52.2 Å². The van der Waals surface area contributed by atoms with Gasteiger partial charge in [-0.25, -0.2) is 0 Å². The van der Waals surface area contributed by atoms with E-state index in [1.165, 1.54) is 11.1 Å². The first-order valence-electron chi connectivity index (χ1n) is 9.92. The average molecular weight is 358 g/mol. The number of carbonyl (C=O) groups excluding carboxylic acids is 1. The Morgan fingerprint density at radius 2 is 1.88 bits per heavy atom. The van der Waals surface area contributed by atoms with Crippen LogP contribution in [0.2, 0.25) is 0 Å². The van der Waals surface area contributed by atoms with Crippen molar-refractivity contribution < 1.29 is 14.6 Å². The molecule has 142 valence electrons. The SMILES string of the molecule is Cc1ccc(CN2CCOC3(CCN(C(=O)C4CC(O)C4)CC3)C2)cc1. The molecular formula is C21H30N2O3. The van der Waals surface area contributed by atoms with Crippen molar-refractivity contribution in [2.75, 3.05) is 32.8 Å². The summed E-state index contributed by atoms with van der Waals surface area (Å²) in [6.45, 7) is 7.34. The molecule has 1 spiro atoms. The molecule has 1 aromatic rings. The van der Waals surface area contributed by atoms with Crippen molar-refractivity contribution in [3.05, 3.63) is 35.4 Å². The first kappa shape index (κ1) is 18.0. The lowest BCUT2D eigenvalue weighted by Crippen LogP contribution is -2.58. The maximum Gasteiger partial charge on any atom is 0.225 e. The van der Waals surface area contributed by atoms with Crippen molar-refractivity contribution in [3.63, 3.8) is 0 Å². The molecule has 0 atom stereocenters. The minimum Gasteiger partial charge on any atom is -0.393 e. The molecule has 5 nitrogen and oxygen atoms in total. The van der Waals surface area contributed by atoms with E-state index < -0.39 is 0 Å². The molecule has 0 aromatic heterocycles. The highest BCUT2D eigenvalue weighted by atomic mass is 16.5. The van der Waals surface area contributed by atoms with Crippen molar-refractivity contribution in [3.8, 4) is 0 Å². The van der Waals surface area contributed by atoms with E-state index in [4.69, 9.17) is 4.74 Å². The second kappa shape index (κ2) is 7.29. The number of likely N-dealkylation sites (tertiary alicyclic amines) is 1. The van der Waals surface area contributed by atoms with E-state index in [1.807, 2.05) is 4.90 Å². The molecule has 0 unspecified atom stereocenters. The summed E-state index contributed by atoms with van der Waals surface area (Å²) in [5.74, 6) is 0.279. The Bertz CT molecular complexity index is 631. The molecule has 2 aliphatic heterocycles.